The number of amides is 4. The lowest BCUT2D eigenvalue weighted by molar-refractivity contribution is -0.141. The highest BCUT2D eigenvalue weighted by Crippen LogP contribution is 2.46. The van der Waals surface area contributed by atoms with E-state index in [0.29, 0.717) is 30.7 Å². The lowest BCUT2D eigenvalue weighted by atomic mass is 10.0. The number of allylic oxidation sites excluding steroid dienone is 1. The van der Waals surface area contributed by atoms with Crippen LogP contribution in [0.2, 0.25) is 5.02 Å². The number of sulfonamides is 1. The normalized spacial score (nSPS) is 28.1. The summed E-state index contributed by atoms with van der Waals surface area (Å²) < 4.78 is 38.7. The van der Waals surface area contributed by atoms with E-state index in [1.165, 1.54) is 17.0 Å². The van der Waals surface area contributed by atoms with Gasteiger partial charge >= 0.3 is 12.1 Å². The Hall–Kier alpha value is -3.65. The van der Waals surface area contributed by atoms with E-state index in [9.17, 15) is 32.4 Å². The van der Waals surface area contributed by atoms with Crippen LogP contribution in [-0.2, 0) is 33.9 Å². The number of nitrogens with one attached hydrogen (secondary N) is 3. The minimum atomic E-state index is -3.90. The van der Waals surface area contributed by atoms with Crippen molar-refractivity contribution in [2.24, 2.45) is 5.92 Å². The summed E-state index contributed by atoms with van der Waals surface area (Å²) in [5, 5.41) is 5.13. The van der Waals surface area contributed by atoms with Gasteiger partial charge in [-0.3, -0.25) is 19.1 Å². The fourth-order valence-electron chi connectivity index (χ4n) is 6.13. The summed E-state index contributed by atoms with van der Waals surface area (Å²) in [7, 11) is -3.90. The fourth-order valence-corrected chi connectivity index (χ4v) is 7.69. The number of fused-ring (bicyclic) bond motifs is 2. The van der Waals surface area contributed by atoms with Gasteiger partial charge in [-0.05, 0) is 77.5 Å². The van der Waals surface area contributed by atoms with Gasteiger partial charge in [0.15, 0.2) is 0 Å². The molecule has 13 nitrogen and oxygen atoms in total. The molecule has 1 aromatic carbocycles. The van der Waals surface area contributed by atoms with Crippen molar-refractivity contribution in [1.29, 1.82) is 0 Å². The van der Waals surface area contributed by atoms with E-state index in [4.69, 9.17) is 21.1 Å². The first-order valence-corrected chi connectivity index (χ1v) is 18.3. The summed E-state index contributed by atoms with van der Waals surface area (Å²) in [4.78, 5) is 68.9. The number of rotatable bonds is 6. The highest BCUT2D eigenvalue weighted by atomic mass is 35.5. The van der Waals surface area contributed by atoms with Gasteiger partial charge < -0.3 is 25.0 Å². The second kappa shape index (κ2) is 14.1. The third-order valence-electron chi connectivity index (χ3n) is 8.87. The van der Waals surface area contributed by atoms with Gasteiger partial charge in [0.25, 0.3) is 5.91 Å². The van der Waals surface area contributed by atoms with Crippen molar-refractivity contribution in [3.63, 3.8) is 0 Å². The molecule has 5 unspecified atom stereocenters. The molecule has 4 aliphatic rings. The molecule has 1 aromatic rings. The summed E-state index contributed by atoms with van der Waals surface area (Å²) >= 11 is 6.05. The predicted octanol–water partition coefficient (Wildman–Crippen LogP) is 3.36. The molecule has 5 atom stereocenters. The average Bonchev–Trinajstić information content (AvgIpc) is 3.91. The fraction of sp³-hybridized carbons (Fsp3) is 0.606. The van der Waals surface area contributed by atoms with Crippen LogP contribution in [0, 0.1) is 5.92 Å². The van der Waals surface area contributed by atoms with E-state index in [1.54, 1.807) is 32.9 Å². The standard InChI is InChI=1S/C33H43ClN4O9S/c1-32(2,3)47-31(43)35-25-13-8-6-4-5-7-11-21-18-33(21,30(42)37-48(44,45)24-14-15-24)36-27(39)26-17-23(19-38(26)28(25)40)46-29(41)20-10-9-12-22(34)16-20/h7,9-12,16,21,23-26H,4-6,8,13-15,17-19H2,1-3H3,(H,35,43)(H,36,39)(H,37,42). The van der Waals surface area contributed by atoms with Crippen LogP contribution in [-0.4, -0.2) is 84.2 Å². The SMILES string of the molecule is CC(C)(C)OC(=O)NC1CCCCCC=CC2CC2(C(=O)NS(=O)(=O)C2CC2)NC(=O)C2CC(OC(=O)c3cccc(Cl)c3)CN2C1=O. The first kappa shape index (κ1) is 35.7. The molecule has 4 amide bonds. The molecule has 3 fully saturated rings. The summed E-state index contributed by atoms with van der Waals surface area (Å²) in [5.41, 5.74) is -2.17. The number of nitrogens with zero attached hydrogens (tertiary/aromatic N) is 1. The molecule has 262 valence electrons. The first-order chi connectivity index (χ1) is 22.6. The van der Waals surface area contributed by atoms with Crippen molar-refractivity contribution in [2.45, 2.75) is 113 Å². The highest BCUT2D eigenvalue weighted by molar-refractivity contribution is 7.91. The topological polar surface area (TPSA) is 177 Å². The zero-order valence-electron chi connectivity index (χ0n) is 27.3. The molecular formula is C33H43ClN4O9S. The van der Waals surface area contributed by atoms with E-state index in [1.807, 2.05) is 12.2 Å². The molecule has 5 rings (SSSR count). The minimum absolute atomic E-state index is 0.0956. The molecule has 3 N–H and O–H groups in total. The molecule has 0 bridgehead atoms. The van der Waals surface area contributed by atoms with Gasteiger partial charge in [0.2, 0.25) is 21.8 Å². The number of hydrogen-bond acceptors (Lipinski definition) is 9. The maximum atomic E-state index is 14.2. The van der Waals surface area contributed by atoms with Crippen LogP contribution < -0.4 is 15.4 Å². The van der Waals surface area contributed by atoms with Gasteiger partial charge in [0.1, 0.15) is 29.3 Å². The molecule has 1 saturated heterocycles. The Bertz CT molecular complexity index is 1590. The maximum Gasteiger partial charge on any atom is 0.408 e. The Kier molecular flexibility index (Phi) is 10.4. The van der Waals surface area contributed by atoms with E-state index in [2.05, 4.69) is 15.4 Å². The summed E-state index contributed by atoms with van der Waals surface area (Å²) in [6.45, 7) is 4.94. The van der Waals surface area contributed by atoms with Crippen molar-refractivity contribution in [2.75, 3.05) is 6.54 Å². The largest absolute Gasteiger partial charge is 0.457 e. The van der Waals surface area contributed by atoms with E-state index in [-0.39, 0.29) is 31.4 Å². The molecule has 2 aliphatic heterocycles. The van der Waals surface area contributed by atoms with Crippen LogP contribution in [0.1, 0.15) is 88.9 Å². The van der Waals surface area contributed by atoms with Gasteiger partial charge in [-0.2, -0.15) is 0 Å². The minimum Gasteiger partial charge on any atom is -0.457 e. The van der Waals surface area contributed by atoms with Gasteiger partial charge in [-0.1, -0.05) is 42.7 Å². The monoisotopic (exact) mass is 706 g/mol. The number of carbonyl (C=O) groups is 5. The third-order valence-corrected chi connectivity index (χ3v) is 10.9. The van der Waals surface area contributed by atoms with Crippen LogP contribution in [0.25, 0.3) is 0 Å². The quantitative estimate of drug-likeness (QED) is 0.296. The molecule has 0 radical (unpaired) electrons. The van der Waals surface area contributed by atoms with Crippen molar-refractivity contribution in [3.05, 3.63) is 47.0 Å². The zero-order chi connectivity index (χ0) is 34.9. The predicted molar refractivity (Wildman–Crippen MR) is 175 cm³/mol. The lowest BCUT2D eigenvalue weighted by Gasteiger charge is -2.30. The number of hydrogen-bond donors (Lipinski definition) is 3. The van der Waals surface area contributed by atoms with Gasteiger partial charge in [0.05, 0.1) is 17.4 Å². The number of halogens is 1. The Morgan fingerprint density at radius 2 is 1.83 bits per heavy atom. The van der Waals surface area contributed by atoms with Crippen molar-refractivity contribution < 1.29 is 41.9 Å². The lowest BCUT2D eigenvalue weighted by Crippen LogP contribution is -2.58. The summed E-state index contributed by atoms with van der Waals surface area (Å²) in [6.07, 6.45) is 6.07. The zero-order valence-corrected chi connectivity index (χ0v) is 28.9. The van der Waals surface area contributed by atoms with E-state index < -0.39 is 80.3 Å². The molecule has 2 heterocycles. The smallest absolute Gasteiger partial charge is 0.408 e. The van der Waals surface area contributed by atoms with Gasteiger partial charge in [-0.25, -0.2) is 18.0 Å². The number of alkyl carbamates (subject to hydrolysis) is 1. The third kappa shape index (κ3) is 8.68. The molecule has 2 aliphatic carbocycles. The number of esters is 1. The van der Waals surface area contributed by atoms with Gasteiger partial charge in [0, 0.05) is 17.4 Å². The molecule has 2 saturated carbocycles. The molecule has 0 spiro atoms. The van der Waals surface area contributed by atoms with Crippen molar-refractivity contribution >= 4 is 51.4 Å². The van der Waals surface area contributed by atoms with Crippen LogP contribution >= 0.6 is 11.6 Å². The maximum absolute atomic E-state index is 14.2. The highest BCUT2D eigenvalue weighted by Gasteiger charge is 2.62. The molecule has 48 heavy (non-hydrogen) atoms. The number of carbonyl (C=O) groups excluding carboxylic acids is 5. The number of ether oxygens (including phenoxy) is 2. The van der Waals surface area contributed by atoms with Crippen LogP contribution in [0.3, 0.4) is 0 Å². The molecule has 0 aromatic heterocycles. The second-order valence-corrected chi connectivity index (χ2v) is 16.4. The first-order valence-electron chi connectivity index (χ1n) is 16.4. The van der Waals surface area contributed by atoms with E-state index >= 15 is 0 Å². The van der Waals surface area contributed by atoms with Crippen molar-refractivity contribution in [1.82, 2.24) is 20.3 Å². The Labute approximate surface area is 285 Å². The second-order valence-electron chi connectivity index (χ2n) is 14.0. The number of benzene rings is 1. The summed E-state index contributed by atoms with van der Waals surface area (Å²) in [6, 6.07) is 3.92. The Morgan fingerprint density at radius 3 is 2.52 bits per heavy atom. The molecular weight excluding hydrogens is 664 g/mol. The van der Waals surface area contributed by atoms with Crippen molar-refractivity contribution in [3.8, 4) is 0 Å². The van der Waals surface area contributed by atoms with Crippen LogP contribution in [0.4, 0.5) is 4.79 Å². The Balaban J connectivity index is 1.43. The Morgan fingerprint density at radius 1 is 1.08 bits per heavy atom. The van der Waals surface area contributed by atoms with E-state index in [0.717, 1.165) is 12.8 Å². The van der Waals surface area contributed by atoms with Crippen LogP contribution in [0.5, 0.6) is 0 Å². The summed E-state index contributed by atoms with van der Waals surface area (Å²) in [5.74, 6) is -3.26. The molecule has 15 heteroatoms. The average molecular weight is 707 g/mol. The van der Waals surface area contributed by atoms with Gasteiger partial charge in [-0.15, -0.1) is 0 Å². The van der Waals surface area contributed by atoms with Crippen LogP contribution in [0.15, 0.2) is 36.4 Å².